The standard InChI is InChI=1S/C23H23F3N4O3S/c24-23(25,26)14-7-9-15(10-8-14)29-18(31)6-3-11-27-19(32)12-30-13-28-21-20(22(30)33)16-4-1-2-5-17(16)34-21/h7-10,13H,1-6,11-12H2,(H,27,32)(H,29,31). The van der Waals surface area contributed by atoms with Crippen LogP contribution in [0.4, 0.5) is 18.9 Å². The minimum absolute atomic E-state index is 0.0792. The van der Waals surface area contributed by atoms with Crippen molar-refractivity contribution in [3.8, 4) is 0 Å². The summed E-state index contributed by atoms with van der Waals surface area (Å²) < 4.78 is 39.1. The number of nitrogens with zero attached hydrogens (tertiary/aromatic N) is 2. The highest BCUT2D eigenvalue weighted by molar-refractivity contribution is 7.18. The fourth-order valence-corrected chi connectivity index (χ4v) is 5.17. The molecule has 4 rings (SSSR count). The van der Waals surface area contributed by atoms with Crippen molar-refractivity contribution < 1.29 is 22.8 Å². The van der Waals surface area contributed by atoms with E-state index >= 15 is 0 Å². The quantitative estimate of drug-likeness (QED) is 0.490. The molecule has 2 N–H and O–H groups in total. The van der Waals surface area contributed by atoms with Gasteiger partial charge in [0, 0.05) is 23.5 Å². The molecule has 2 aromatic heterocycles. The van der Waals surface area contributed by atoms with Gasteiger partial charge in [0.15, 0.2) is 0 Å². The minimum atomic E-state index is -4.43. The SMILES string of the molecule is O=C(Cn1cnc2sc3c(c2c1=O)CCCC3)NCCCC(=O)Nc1ccc(C(F)(F)F)cc1. The molecule has 1 aliphatic rings. The summed E-state index contributed by atoms with van der Waals surface area (Å²) in [6, 6.07) is 4.18. The van der Waals surface area contributed by atoms with Crippen molar-refractivity contribution in [2.45, 2.75) is 51.2 Å². The van der Waals surface area contributed by atoms with Gasteiger partial charge in [0.1, 0.15) is 11.4 Å². The number of anilines is 1. The number of carbonyl (C=O) groups excluding carboxylic acids is 2. The summed E-state index contributed by atoms with van der Waals surface area (Å²) in [6.45, 7) is 0.0572. The summed E-state index contributed by atoms with van der Waals surface area (Å²) in [5.41, 5.74) is 0.327. The smallest absolute Gasteiger partial charge is 0.355 e. The first kappa shape index (κ1) is 23.9. The largest absolute Gasteiger partial charge is 0.416 e. The van der Waals surface area contributed by atoms with E-state index in [1.807, 2.05) is 0 Å². The predicted octanol–water partition coefficient (Wildman–Crippen LogP) is 3.89. The van der Waals surface area contributed by atoms with Crippen LogP contribution in [0.15, 0.2) is 35.4 Å². The Bertz CT molecular complexity index is 1270. The van der Waals surface area contributed by atoms with Crippen molar-refractivity contribution in [3.63, 3.8) is 0 Å². The van der Waals surface area contributed by atoms with Crippen molar-refractivity contribution in [2.75, 3.05) is 11.9 Å². The van der Waals surface area contributed by atoms with E-state index in [9.17, 15) is 27.6 Å². The molecule has 34 heavy (non-hydrogen) atoms. The number of amides is 2. The van der Waals surface area contributed by atoms with Crippen LogP contribution in [0, 0.1) is 0 Å². The van der Waals surface area contributed by atoms with Crippen molar-refractivity contribution in [2.24, 2.45) is 0 Å². The lowest BCUT2D eigenvalue weighted by Crippen LogP contribution is -2.33. The molecule has 0 aliphatic heterocycles. The summed E-state index contributed by atoms with van der Waals surface area (Å²) in [6.07, 6.45) is 1.34. The Morgan fingerprint density at radius 1 is 1.09 bits per heavy atom. The van der Waals surface area contributed by atoms with Gasteiger partial charge in [-0.05, 0) is 61.9 Å². The van der Waals surface area contributed by atoms with Gasteiger partial charge in [0.2, 0.25) is 11.8 Å². The molecule has 0 fully saturated rings. The topological polar surface area (TPSA) is 93.1 Å². The lowest BCUT2D eigenvalue weighted by molar-refractivity contribution is -0.137. The van der Waals surface area contributed by atoms with E-state index in [4.69, 9.17) is 0 Å². The zero-order valence-electron chi connectivity index (χ0n) is 18.2. The third-order valence-electron chi connectivity index (χ3n) is 5.65. The highest BCUT2D eigenvalue weighted by Gasteiger charge is 2.30. The second-order valence-electron chi connectivity index (χ2n) is 8.15. The van der Waals surface area contributed by atoms with E-state index < -0.39 is 11.7 Å². The van der Waals surface area contributed by atoms with Gasteiger partial charge in [0.05, 0.1) is 17.3 Å². The first-order valence-corrected chi connectivity index (χ1v) is 11.8. The number of benzene rings is 1. The summed E-state index contributed by atoms with van der Waals surface area (Å²) in [4.78, 5) is 43.5. The molecule has 0 spiro atoms. The van der Waals surface area contributed by atoms with E-state index in [-0.39, 0.29) is 42.6 Å². The van der Waals surface area contributed by atoms with Crippen LogP contribution in [0.3, 0.4) is 0 Å². The number of nitrogens with one attached hydrogen (secondary N) is 2. The van der Waals surface area contributed by atoms with Gasteiger partial charge in [0.25, 0.3) is 5.56 Å². The molecular formula is C23H23F3N4O3S. The van der Waals surface area contributed by atoms with Gasteiger partial charge in [-0.25, -0.2) is 4.98 Å². The number of thiophene rings is 1. The van der Waals surface area contributed by atoms with Crippen LogP contribution in [0.2, 0.25) is 0 Å². The second-order valence-corrected chi connectivity index (χ2v) is 9.23. The van der Waals surface area contributed by atoms with Gasteiger partial charge < -0.3 is 10.6 Å². The van der Waals surface area contributed by atoms with Gasteiger partial charge in [-0.3, -0.25) is 19.0 Å². The summed E-state index contributed by atoms with van der Waals surface area (Å²) in [5, 5.41) is 5.82. The highest BCUT2D eigenvalue weighted by Crippen LogP contribution is 2.33. The van der Waals surface area contributed by atoms with Crippen LogP contribution in [-0.4, -0.2) is 27.9 Å². The van der Waals surface area contributed by atoms with Crippen LogP contribution in [0.5, 0.6) is 0 Å². The van der Waals surface area contributed by atoms with Crippen LogP contribution in [-0.2, 0) is 35.2 Å². The Hall–Kier alpha value is -3.21. The molecule has 0 saturated heterocycles. The first-order valence-electron chi connectivity index (χ1n) is 11.0. The fraction of sp³-hybridized carbons (Fsp3) is 0.391. The normalized spacial score (nSPS) is 13.5. The van der Waals surface area contributed by atoms with Crippen LogP contribution in [0.1, 0.15) is 41.7 Å². The zero-order valence-corrected chi connectivity index (χ0v) is 19.0. The van der Waals surface area contributed by atoms with E-state index in [0.29, 0.717) is 16.6 Å². The van der Waals surface area contributed by atoms with Crippen LogP contribution < -0.4 is 16.2 Å². The van der Waals surface area contributed by atoms with E-state index in [0.717, 1.165) is 43.4 Å². The van der Waals surface area contributed by atoms with E-state index in [2.05, 4.69) is 15.6 Å². The summed E-state index contributed by atoms with van der Waals surface area (Å²) >= 11 is 1.55. The molecule has 0 atom stereocenters. The lowest BCUT2D eigenvalue weighted by Gasteiger charge is -2.11. The Labute approximate surface area is 197 Å². The maximum Gasteiger partial charge on any atom is 0.416 e. The Balaban J connectivity index is 1.25. The summed E-state index contributed by atoms with van der Waals surface area (Å²) in [7, 11) is 0. The molecule has 0 bridgehead atoms. The molecule has 0 saturated carbocycles. The third kappa shape index (κ3) is 5.46. The Morgan fingerprint density at radius 3 is 2.56 bits per heavy atom. The number of aromatic nitrogens is 2. The number of hydrogen-bond acceptors (Lipinski definition) is 5. The molecule has 0 radical (unpaired) electrons. The zero-order chi connectivity index (χ0) is 24.3. The Morgan fingerprint density at radius 2 is 1.82 bits per heavy atom. The van der Waals surface area contributed by atoms with Crippen LogP contribution in [0.25, 0.3) is 10.2 Å². The highest BCUT2D eigenvalue weighted by atomic mass is 32.1. The molecule has 2 amide bonds. The van der Waals surface area contributed by atoms with Crippen molar-refractivity contribution >= 4 is 39.1 Å². The molecule has 3 aromatic rings. The van der Waals surface area contributed by atoms with Gasteiger partial charge in [-0.15, -0.1) is 11.3 Å². The first-order chi connectivity index (χ1) is 16.2. The number of carbonyl (C=O) groups is 2. The molecule has 180 valence electrons. The molecule has 0 unspecified atom stereocenters. The number of hydrogen-bond donors (Lipinski definition) is 2. The van der Waals surface area contributed by atoms with Gasteiger partial charge >= 0.3 is 6.18 Å². The molecule has 1 aromatic carbocycles. The number of rotatable bonds is 7. The average molecular weight is 493 g/mol. The molecule has 11 heteroatoms. The van der Waals surface area contributed by atoms with Crippen molar-refractivity contribution in [3.05, 3.63) is 57.0 Å². The van der Waals surface area contributed by atoms with Crippen molar-refractivity contribution in [1.29, 1.82) is 0 Å². The fourth-order valence-electron chi connectivity index (χ4n) is 3.95. The third-order valence-corrected chi connectivity index (χ3v) is 6.85. The molecule has 2 heterocycles. The number of aryl methyl sites for hydroxylation is 2. The number of fused-ring (bicyclic) bond motifs is 3. The molecule has 1 aliphatic carbocycles. The van der Waals surface area contributed by atoms with Crippen molar-refractivity contribution in [1.82, 2.24) is 14.9 Å². The van der Waals surface area contributed by atoms with E-state index in [1.165, 1.54) is 27.9 Å². The minimum Gasteiger partial charge on any atom is -0.355 e. The maximum absolute atomic E-state index is 12.9. The average Bonchev–Trinajstić information content (AvgIpc) is 3.18. The monoisotopic (exact) mass is 492 g/mol. The number of halogens is 3. The lowest BCUT2D eigenvalue weighted by atomic mass is 9.97. The predicted molar refractivity (Wildman–Crippen MR) is 123 cm³/mol. The second kappa shape index (κ2) is 9.96. The van der Waals surface area contributed by atoms with E-state index in [1.54, 1.807) is 11.3 Å². The maximum atomic E-state index is 12.9. The molecular weight excluding hydrogens is 469 g/mol. The van der Waals surface area contributed by atoms with Gasteiger partial charge in [-0.2, -0.15) is 13.2 Å². The molecule has 7 nitrogen and oxygen atoms in total. The van der Waals surface area contributed by atoms with Crippen LogP contribution >= 0.6 is 11.3 Å². The number of alkyl halides is 3. The summed E-state index contributed by atoms with van der Waals surface area (Å²) in [5.74, 6) is -0.738. The van der Waals surface area contributed by atoms with Gasteiger partial charge in [-0.1, -0.05) is 0 Å². The Kier molecular flexibility index (Phi) is 7.01.